The van der Waals surface area contributed by atoms with Crippen molar-refractivity contribution in [2.24, 2.45) is 0 Å². The summed E-state index contributed by atoms with van der Waals surface area (Å²) in [5.74, 6) is 1.26. The summed E-state index contributed by atoms with van der Waals surface area (Å²) in [4.78, 5) is 5.55. The lowest BCUT2D eigenvalue weighted by Crippen LogP contribution is -2.55. The molecule has 3 unspecified atom stereocenters. The molecule has 0 saturated carbocycles. The average Bonchev–Trinajstić information content (AvgIpc) is 2.99. The molecule has 0 bridgehead atoms. The Hall–Kier alpha value is -0.510. The molecular formula is C18H28N2S. The van der Waals surface area contributed by atoms with E-state index in [0.717, 1.165) is 6.04 Å². The van der Waals surface area contributed by atoms with Gasteiger partial charge < -0.3 is 0 Å². The number of thioether (sulfide) groups is 1. The zero-order chi connectivity index (χ0) is 14.7. The van der Waals surface area contributed by atoms with Gasteiger partial charge in [-0.15, -0.1) is 0 Å². The molecule has 2 aliphatic rings. The maximum Gasteiger partial charge on any atom is 0.0479 e. The van der Waals surface area contributed by atoms with Crippen molar-refractivity contribution >= 4 is 11.8 Å². The summed E-state index contributed by atoms with van der Waals surface area (Å²) in [6, 6.07) is 13.3. The number of benzene rings is 1. The first-order chi connectivity index (χ1) is 10.3. The molecule has 2 aliphatic heterocycles. The molecule has 116 valence electrons. The third-order valence-electron chi connectivity index (χ3n) is 5.21. The van der Waals surface area contributed by atoms with Crippen LogP contribution in [0.2, 0.25) is 0 Å². The first-order valence-corrected chi connectivity index (χ1v) is 9.76. The van der Waals surface area contributed by atoms with Gasteiger partial charge in [-0.1, -0.05) is 37.3 Å². The highest BCUT2D eigenvalue weighted by Crippen LogP contribution is 2.34. The third-order valence-corrected chi connectivity index (χ3v) is 5.93. The number of fused-ring (bicyclic) bond motifs is 1. The smallest absolute Gasteiger partial charge is 0.0479 e. The van der Waals surface area contributed by atoms with Crippen molar-refractivity contribution in [2.75, 3.05) is 31.6 Å². The molecule has 2 saturated heterocycles. The molecule has 0 aliphatic carbocycles. The van der Waals surface area contributed by atoms with Crippen LogP contribution in [-0.4, -0.2) is 53.5 Å². The molecule has 3 rings (SSSR count). The van der Waals surface area contributed by atoms with Crippen LogP contribution in [0.4, 0.5) is 0 Å². The molecule has 2 heterocycles. The second-order valence-corrected chi connectivity index (χ2v) is 7.34. The molecule has 0 aromatic heterocycles. The molecule has 0 spiro atoms. The largest absolute Gasteiger partial charge is 0.297 e. The van der Waals surface area contributed by atoms with Gasteiger partial charge in [-0.3, -0.25) is 9.80 Å². The number of hydrogen-bond donors (Lipinski definition) is 0. The summed E-state index contributed by atoms with van der Waals surface area (Å²) in [5, 5.41) is 0. The van der Waals surface area contributed by atoms with Crippen molar-refractivity contribution in [3.05, 3.63) is 35.9 Å². The van der Waals surface area contributed by atoms with Crippen molar-refractivity contribution in [3.63, 3.8) is 0 Å². The first-order valence-electron chi connectivity index (χ1n) is 8.37. The van der Waals surface area contributed by atoms with Crippen LogP contribution in [0.15, 0.2) is 30.3 Å². The van der Waals surface area contributed by atoms with E-state index >= 15 is 0 Å². The Balaban J connectivity index is 1.85. The second kappa shape index (κ2) is 7.17. The summed E-state index contributed by atoms with van der Waals surface area (Å²) >= 11 is 2.00. The molecule has 0 radical (unpaired) electrons. The average molecular weight is 305 g/mol. The molecule has 2 fully saturated rings. The van der Waals surface area contributed by atoms with Crippen molar-refractivity contribution < 1.29 is 0 Å². The lowest BCUT2D eigenvalue weighted by Gasteiger charge is -2.47. The highest BCUT2D eigenvalue weighted by molar-refractivity contribution is 7.98. The molecule has 0 amide bonds. The Kier molecular flexibility index (Phi) is 5.25. The van der Waals surface area contributed by atoms with Gasteiger partial charge in [0.2, 0.25) is 0 Å². The molecule has 0 N–H and O–H groups in total. The number of piperazine rings is 1. The number of nitrogens with zero attached hydrogens (tertiary/aromatic N) is 2. The second-order valence-electron chi connectivity index (χ2n) is 6.43. The maximum atomic E-state index is 2.82. The molecule has 1 aromatic carbocycles. The minimum Gasteiger partial charge on any atom is -0.297 e. The van der Waals surface area contributed by atoms with E-state index in [-0.39, 0.29) is 0 Å². The van der Waals surface area contributed by atoms with Crippen LogP contribution in [-0.2, 0) is 0 Å². The Morgan fingerprint density at radius 3 is 2.76 bits per heavy atom. The molecule has 3 atom stereocenters. The SMILES string of the molecule is CCC(CSC)N1CC2CCCN2CC1c1ccccc1. The van der Waals surface area contributed by atoms with Crippen LogP contribution in [0.3, 0.4) is 0 Å². The zero-order valence-electron chi connectivity index (χ0n) is 13.4. The van der Waals surface area contributed by atoms with Gasteiger partial charge in [0.15, 0.2) is 0 Å². The van der Waals surface area contributed by atoms with Crippen LogP contribution < -0.4 is 0 Å². The summed E-state index contributed by atoms with van der Waals surface area (Å²) in [7, 11) is 0. The van der Waals surface area contributed by atoms with Crippen molar-refractivity contribution in [1.29, 1.82) is 0 Å². The van der Waals surface area contributed by atoms with Gasteiger partial charge in [-0.25, -0.2) is 0 Å². The predicted molar refractivity (Wildman–Crippen MR) is 92.9 cm³/mol. The predicted octanol–water partition coefficient (Wildman–Crippen LogP) is 3.65. The maximum absolute atomic E-state index is 2.82. The standard InChI is InChI=1S/C18H28N2S/c1-3-16(14-21-2)20-12-17-10-7-11-19(17)13-18(20)15-8-5-4-6-9-15/h4-6,8-9,16-18H,3,7,10-14H2,1-2H3. The molecule has 21 heavy (non-hydrogen) atoms. The summed E-state index contributed by atoms with van der Waals surface area (Å²) in [6.45, 7) is 6.14. The van der Waals surface area contributed by atoms with E-state index in [1.807, 2.05) is 11.8 Å². The Bertz CT molecular complexity index is 436. The van der Waals surface area contributed by atoms with Crippen molar-refractivity contribution in [2.45, 2.75) is 44.3 Å². The summed E-state index contributed by atoms with van der Waals surface area (Å²) < 4.78 is 0. The van der Waals surface area contributed by atoms with E-state index in [2.05, 4.69) is 53.3 Å². The lowest BCUT2D eigenvalue weighted by atomic mass is 9.97. The van der Waals surface area contributed by atoms with Gasteiger partial charge in [0.05, 0.1) is 0 Å². The fourth-order valence-electron chi connectivity index (χ4n) is 4.06. The van der Waals surface area contributed by atoms with E-state index in [9.17, 15) is 0 Å². The van der Waals surface area contributed by atoms with Gasteiger partial charge in [-0.2, -0.15) is 11.8 Å². The summed E-state index contributed by atoms with van der Waals surface area (Å²) in [6.07, 6.45) is 6.29. The highest BCUT2D eigenvalue weighted by Gasteiger charge is 2.39. The van der Waals surface area contributed by atoms with E-state index < -0.39 is 0 Å². The quantitative estimate of drug-likeness (QED) is 0.820. The van der Waals surface area contributed by atoms with Crippen molar-refractivity contribution in [3.8, 4) is 0 Å². The monoisotopic (exact) mass is 304 g/mol. The van der Waals surface area contributed by atoms with Gasteiger partial charge >= 0.3 is 0 Å². The van der Waals surface area contributed by atoms with Crippen LogP contribution in [0.25, 0.3) is 0 Å². The molecule has 2 nitrogen and oxygen atoms in total. The number of rotatable bonds is 5. The van der Waals surface area contributed by atoms with Crippen LogP contribution in [0.5, 0.6) is 0 Å². The third kappa shape index (κ3) is 3.30. The van der Waals surface area contributed by atoms with Crippen molar-refractivity contribution in [1.82, 2.24) is 9.80 Å². The minimum atomic E-state index is 0.581. The molecule has 3 heteroatoms. The van der Waals surface area contributed by atoms with E-state index in [4.69, 9.17) is 0 Å². The fraction of sp³-hybridized carbons (Fsp3) is 0.667. The Labute approximate surface area is 133 Å². The Morgan fingerprint density at radius 1 is 1.24 bits per heavy atom. The lowest BCUT2D eigenvalue weighted by molar-refractivity contribution is 0.0243. The van der Waals surface area contributed by atoms with E-state index in [1.165, 1.54) is 50.2 Å². The van der Waals surface area contributed by atoms with Gasteiger partial charge in [0.25, 0.3) is 0 Å². The highest BCUT2D eigenvalue weighted by atomic mass is 32.2. The van der Waals surface area contributed by atoms with Crippen LogP contribution in [0.1, 0.15) is 37.8 Å². The Morgan fingerprint density at radius 2 is 2.05 bits per heavy atom. The van der Waals surface area contributed by atoms with E-state index in [0.29, 0.717) is 12.1 Å². The molecular weight excluding hydrogens is 276 g/mol. The van der Waals surface area contributed by atoms with Gasteiger partial charge in [-0.05, 0) is 37.6 Å². The van der Waals surface area contributed by atoms with Gasteiger partial charge in [0.1, 0.15) is 0 Å². The zero-order valence-corrected chi connectivity index (χ0v) is 14.2. The fourth-order valence-corrected chi connectivity index (χ4v) is 4.87. The molecule has 1 aromatic rings. The first kappa shape index (κ1) is 15.4. The van der Waals surface area contributed by atoms with Crippen LogP contribution in [0, 0.1) is 0 Å². The normalized spacial score (nSPS) is 28.5. The topological polar surface area (TPSA) is 6.48 Å². The van der Waals surface area contributed by atoms with Gasteiger partial charge in [0, 0.05) is 37.0 Å². The summed E-state index contributed by atoms with van der Waals surface area (Å²) in [5.41, 5.74) is 1.50. The minimum absolute atomic E-state index is 0.581. The number of hydrogen-bond acceptors (Lipinski definition) is 3. The van der Waals surface area contributed by atoms with E-state index in [1.54, 1.807) is 0 Å². The van der Waals surface area contributed by atoms with Crippen LogP contribution >= 0.6 is 11.8 Å².